The number of aryl methyl sites for hydroxylation is 1. The molecule has 1 amide bonds. The minimum atomic E-state index is 0.222. The molecule has 0 unspecified atom stereocenters. The minimum Gasteiger partial charge on any atom is -0.382 e. The molecule has 2 aliphatic carbocycles. The maximum atomic E-state index is 12.9. The van der Waals surface area contributed by atoms with Crippen LogP contribution in [0.4, 0.5) is 5.69 Å². The van der Waals surface area contributed by atoms with Crippen molar-refractivity contribution in [2.75, 3.05) is 31.5 Å². The third-order valence-electron chi connectivity index (χ3n) is 6.84. The van der Waals surface area contributed by atoms with Crippen LogP contribution in [0.25, 0.3) is 0 Å². The first-order valence-corrected chi connectivity index (χ1v) is 11.0. The predicted molar refractivity (Wildman–Crippen MR) is 111 cm³/mol. The van der Waals surface area contributed by atoms with E-state index in [1.54, 1.807) is 0 Å². The van der Waals surface area contributed by atoms with Crippen LogP contribution in [0.2, 0.25) is 5.02 Å². The Morgan fingerprint density at radius 3 is 2.33 bits per heavy atom. The molecule has 1 aromatic rings. The van der Waals surface area contributed by atoms with Crippen molar-refractivity contribution >= 4 is 23.2 Å². The van der Waals surface area contributed by atoms with E-state index in [0.29, 0.717) is 11.9 Å². The van der Waals surface area contributed by atoms with E-state index in [9.17, 15) is 4.79 Å². The molecule has 1 saturated heterocycles. The molecule has 0 atom stereocenters. The molecular formula is C22H32ClN3O. The number of anilines is 1. The Labute approximate surface area is 168 Å². The zero-order chi connectivity index (χ0) is 18.8. The summed E-state index contributed by atoms with van der Waals surface area (Å²) in [4.78, 5) is 17.7. The van der Waals surface area contributed by atoms with Gasteiger partial charge in [-0.1, -0.05) is 24.1 Å². The number of nitrogens with one attached hydrogen (secondary N) is 1. The molecule has 27 heavy (non-hydrogen) atoms. The molecule has 0 bridgehead atoms. The molecule has 1 heterocycles. The van der Waals surface area contributed by atoms with Crippen LogP contribution in [0, 0.1) is 12.8 Å². The van der Waals surface area contributed by atoms with Crippen molar-refractivity contribution < 1.29 is 4.79 Å². The van der Waals surface area contributed by atoms with Crippen molar-refractivity contribution in [1.82, 2.24) is 9.80 Å². The number of benzene rings is 1. The number of carbonyl (C=O) groups is 1. The van der Waals surface area contributed by atoms with Crippen molar-refractivity contribution in [2.45, 2.75) is 64.0 Å². The van der Waals surface area contributed by atoms with Gasteiger partial charge in [0, 0.05) is 54.9 Å². The van der Waals surface area contributed by atoms with E-state index in [0.717, 1.165) is 74.2 Å². The quantitative estimate of drug-likeness (QED) is 0.833. The first kappa shape index (κ1) is 19.1. The van der Waals surface area contributed by atoms with Crippen LogP contribution in [-0.4, -0.2) is 54.0 Å². The summed E-state index contributed by atoms with van der Waals surface area (Å²) < 4.78 is 0. The van der Waals surface area contributed by atoms with Crippen molar-refractivity contribution in [2.24, 2.45) is 5.92 Å². The van der Waals surface area contributed by atoms with Gasteiger partial charge in [-0.25, -0.2) is 0 Å². The molecule has 4 nitrogen and oxygen atoms in total. The Bertz CT molecular complexity index is 660. The number of nitrogens with zero attached hydrogens (tertiary/aromatic N) is 2. The smallest absolute Gasteiger partial charge is 0.225 e. The van der Waals surface area contributed by atoms with E-state index in [1.165, 1.54) is 19.3 Å². The summed E-state index contributed by atoms with van der Waals surface area (Å²) in [5.41, 5.74) is 2.20. The topological polar surface area (TPSA) is 35.6 Å². The van der Waals surface area contributed by atoms with Gasteiger partial charge in [0.05, 0.1) is 0 Å². The number of halogens is 1. The standard InChI is InChI=1S/C22H32ClN3O/c1-16-5-8-19(15-21(16)23)24-18-9-6-17(7-10-18)22(27)26-13-11-25(12-14-26)20-3-2-4-20/h5,8,15,17-18,20,24H,2-4,6-7,9-14H2,1H3. The molecule has 1 N–H and O–H groups in total. The third-order valence-corrected chi connectivity index (χ3v) is 7.24. The molecule has 0 radical (unpaired) electrons. The zero-order valence-electron chi connectivity index (χ0n) is 16.4. The molecule has 5 heteroatoms. The number of rotatable bonds is 4. The molecule has 1 aliphatic heterocycles. The number of amides is 1. The second kappa shape index (κ2) is 8.40. The van der Waals surface area contributed by atoms with Crippen molar-refractivity contribution in [1.29, 1.82) is 0 Å². The second-order valence-corrected chi connectivity index (χ2v) is 9.01. The number of hydrogen-bond donors (Lipinski definition) is 1. The van der Waals surface area contributed by atoms with E-state index in [-0.39, 0.29) is 5.92 Å². The molecule has 0 aromatic heterocycles. The van der Waals surface area contributed by atoms with Gasteiger partial charge in [0.2, 0.25) is 5.91 Å². The highest BCUT2D eigenvalue weighted by molar-refractivity contribution is 6.31. The summed E-state index contributed by atoms with van der Waals surface area (Å²) in [6, 6.07) is 7.42. The van der Waals surface area contributed by atoms with Crippen LogP contribution >= 0.6 is 11.6 Å². The first-order valence-electron chi connectivity index (χ1n) is 10.7. The average molecular weight is 390 g/mol. The zero-order valence-corrected chi connectivity index (χ0v) is 17.2. The van der Waals surface area contributed by atoms with E-state index in [4.69, 9.17) is 11.6 Å². The summed E-state index contributed by atoms with van der Waals surface area (Å²) in [6.45, 7) is 6.02. The van der Waals surface area contributed by atoms with Gasteiger partial charge >= 0.3 is 0 Å². The average Bonchev–Trinajstić information content (AvgIpc) is 2.64. The minimum absolute atomic E-state index is 0.222. The summed E-state index contributed by atoms with van der Waals surface area (Å²) >= 11 is 6.23. The summed E-state index contributed by atoms with van der Waals surface area (Å²) in [5.74, 6) is 0.625. The summed E-state index contributed by atoms with van der Waals surface area (Å²) in [5, 5.41) is 4.41. The van der Waals surface area contributed by atoms with Gasteiger partial charge in [0.25, 0.3) is 0 Å². The van der Waals surface area contributed by atoms with E-state index < -0.39 is 0 Å². The van der Waals surface area contributed by atoms with Gasteiger partial charge in [-0.05, 0) is 63.1 Å². The largest absolute Gasteiger partial charge is 0.382 e. The molecule has 4 rings (SSSR count). The highest BCUT2D eigenvalue weighted by Crippen LogP contribution is 2.30. The lowest BCUT2D eigenvalue weighted by Crippen LogP contribution is -2.54. The first-order chi connectivity index (χ1) is 13.1. The normalized spacial score (nSPS) is 27.3. The predicted octanol–water partition coefficient (Wildman–Crippen LogP) is 4.32. The highest BCUT2D eigenvalue weighted by atomic mass is 35.5. The van der Waals surface area contributed by atoms with Gasteiger partial charge < -0.3 is 10.2 Å². The van der Waals surface area contributed by atoms with E-state index in [1.807, 2.05) is 13.0 Å². The highest BCUT2D eigenvalue weighted by Gasteiger charge is 2.33. The Hall–Kier alpha value is -1.26. The van der Waals surface area contributed by atoms with Crippen LogP contribution < -0.4 is 5.32 Å². The number of carbonyl (C=O) groups excluding carboxylic acids is 1. The fourth-order valence-electron chi connectivity index (χ4n) is 4.72. The maximum absolute atomic E-state index is 12.9. The van der Waals surface area contributed by atoms with Crippen LogP contribution in [-0.2, 0) is 4.79 Å². The monoisotopic (exact) mass is 389 g/mol. The molecule has 0 spiro atoms. The van der Waals surface area contributed by atoms with Gasteiger partial charge in [0.15, 0.2) is 0 Å². The fraction of sp³-hybridized carbons (Fsp3) is 0.682. The Balaban J connectivity index is 1.22. The van der Waals surface area contributed by atoms with E-state index >= 15 is 0 Å². The Kier molecular flexibility index (Phi) is 5.93. The molecule has 148 valence electrons. The Morgan fingerprint density at radius 1 is 1.04 bits per heavy atom. The lowest BCUT2D eigenvalue weighted by atomic mass is 9.84. The number of hydrogen-bond acceptors (Lipinski definition) is 3. The van der Waals surface area contributed by atoms with Crippen LogP contribution in [0.1, 0.15) is 50.5 Å². The summed E-state index contributed by atoms with van der Waals surface area (Å²) in [7, 11) is 0. The van der Waals surface area contributed by atoms with E-state index in [2.05, 4.69) is 27.2 Å². The van der Waals surface area contributed by atoms with Crippen molar-refractivity contribution in [3.05, 3.63) is 28.8 Å². The van der Waals surface area contributed by atoms with Crippen LogP contribution in [0.5, 0.6) is 0 Å². The van der Waals surface area contributed by atoms with Crippen molar-refractivity contribution in [3.63, 3.8) is 0 Å². The number of piperazine rings is 1. The third kappa shape index (κ3) is 4.43. The van der Waals surface area contributed by atoms with Gasteiger partial charge in [-0.2, -0.15) is 0 Å². The molecule has 3 aliphatic rings. The Morgan fingerprint density at radius 2 is 1.74 bits per heavy atom. The maximum Gasteiger partial charge on any atom is 0.225 e. The second-order valence-electron chi connectivity index (χ2n) is 8.60. The summed E-state index contributed by atoms with van der Waals surface area (Å²) in [6.07, 6.45) is 8.22. The fourth-order valence-corrected chi connectivity index (χ4v) is 4.90. The van der Waals surface area contributed by atoms with Gasteiger partial charge in [0.1, 0.15) is 0 Å². The van der Waals surface area contributed by atoms with Gasteiger partial charge in [-0.3, -0.25) is 9.69 Å². The lowest BCUT2D eigenvalue weighted by Gasteiger charge is -2.44. The van der Waals surface area contributed by atoms with Crippen LogP contribution in [0.15, 0.2) is 18.2 Å². The molecule has 2 saturated carbocycles. The SMILES string of the molecule is Cc1ccc(NC2CCC(C(=O)N3CCN(C4CCC4)CC3)CC2)cc1Cl. The molecule has 1 aromatic carbocycles. The lowest BCUT2D eigenvalue weighted by molar-refractivity contribution is -0.139. The van der Waals surface area contributed by atoms with Crippen LogP contribution in [0.3, 0.4) is 0 Å². The van der Waals surface area contributed by atoms with Gasteiger partial charge in [-0.15, -0.1) is 0 Å². The molecular weight excluding hydrogens is 358 g/mol. The van der Waals surface area contributed by atoms with Crippen molar-refractivity contribution in [3.8, 4) is 0 Å². The molecule has 3 fully saturated rings.